The molecule has 1 aromatic carbocycles. The summed E-state index contributed by atoms with van der Waals surface area (Å²) >= 11 is 0. The summed E-state index contributed by atoms with van der Waals surface area (Å²) in [6.07, 6.45) is 1.50. The summed E-state index contributed by atoms with van der Waals surface area (Å²) in [6, 6.07) is 7.32. The molecule has 0 saturated heterocycles. The van der Waals surface area contributed by atoms with E-state index in [2.05, 4.69) is 0 Å². The molecule has 0 saturated carbocycles. The highest BCUT2D eigenvalue weighted by atomic mass is 16.5. The smallest absolute Gasteiger partial charge is 0.397 e. The van der Waals surface area contributed by atoms with Crippen molar-refractivity contribution >= 4 is 11.9 Å². The maximum Gasteiger partial charge on any atom is 0.397 e. The number of hydrogen-bond acceptors (Lipinski definition) is 5. The van der Waals surface area contributed by atoms with Crippen molar-refractivity contribution in [3.63, 3.8) is 0 Å². The minimum absolute atomic E-state index is 0.162. The number of rotatable bonds is 9. The van der Waals surface area contributed by atoms with Crippen molar-refractivity contribution in [1.29, 1.82) is 0 Å². The first kappa shape index (κ1) is 20.0. The zero-order valence-corrected chi connectivity index (χ0v) is 14.7. The van der Waals surface area contributed by atoms with E-state index in [9.17, 15) is 14.7 Å². The van der Waals surface area contributed by atoms with E-state index in [1.54, 1.807) is 14.0 Å². The Balaban J connectivity index is 2.74. The Kier molecular flexibility index (Phi) is 8.86. The molecule has 0 aliphatic rings. The van der Waals surface area contributed by atoms with Gasteiger partial charge < -0.3 is 19.5 Å². The van der Waals surface area contributed by atoms with Crippen molar-refractivity contribution in [2.75, 3.05) is 20.3 Å². The van der Waals surface area contributed by atoms with Gasteiger partial charge in [0.15, 0.2) is 0 Å². The van der Waals surface area contributed by atoms with Gasteiger partial charge in [-0.05, 0) is 43.9 Å². The third kappa shape index (κ3) is 6.58. The van der Waals surface area contributed by atoms with Gasteiger partial charge in [0.05, 0.1) is 19.8 Å². The number of carbonyl (C=O) groups is 2. The van der Waals surface area contributed by atoms with Gasteiger partial charge in [0.2, 0.25) is 0 Å². The van der Waals surface area contributed by atoms with Gasteiger partial charge in [-0.1, -0.05) is 19.1 Å². The lowest BCUT2D eigenvalue weighted by Crippen LogP contribution is -2.38. The number of aliphatic hydroxyl groups excluding tert-OH is 1. The molecule has 0 radical (unpaired) electrons. The number of amides is 1. The Morgan fingerprint density at radius 3 is 2.42 bits per heavy atom. The van der Waals surface area contributed by atoms with Crippen LogP contribution in [-0.4, -0.2) is 48.2 Å². The Bertz CT molecular complexity index is 515. The molecule has 0 aromatic heterocycles. The molecule has 6 heteroatoms. The van der Waals surface area contributed by atoms with E-state index in [4.69, 9.17) is 9.47 Å². The van der Waals surface area contributed by atoms with E-state index in [-0.39, 0.29) is 12.7 Å². The minimum atomic E-state index is -0.845. The minimum Gasteiger partial charge on any atom is -0.497 e. The van der Waals surface area contributed by atoms with Gasteiger partial charge in [-0.3, -0.25) is 4.79 Å². The molecule has 0 bridgehead atoms. The van der Waals surface area contributed by atoms with Crippen LogP contribution in [-0.2, 0) is 20.9 Å². The second-order valence-electron chi connectivity index (χ2n) is 5.50. The normalized spacial score (nSPS) is 11.7. The largest absolute Gasteiger partial charge is 0.497 e. The molecule has 1 amide bonds. The molecule has 0 aliphatic heterocycles. The fourth-order valence-electron chi connectivity index (χ4n) is 2.25. The average molecular weight is 337 g/mol. The molecular formula is C18H27NO5. The number of ether oxygens (including phenoxy) is 2. The van der Waals surface area contributed by atoms with Crippen LogP contribution in [0.5, 0.6) is 5.75 Å². The highest BCUT2D eigenvalue weighted by Gasteiger charge is 2.23. The van der Waals surface area contributed by atoms with Crippen LogP contribution in [0.3, 0.4) is 0 Å². The summed E-state index contributed by atoms with van der Waals surface area (Å²) in [5.74, 6) is -0.770. The lowest BCUT2D eigenvalue weighted by atomic mass is 10.1. The topological polar surface area (TPSA) is 76.1 Å². The molecule has 0 heterocycles. The van der Waals surface area contributed by atoms with Gasteiger partial charge in [-0.2, -0.15) is 0 Å². The van der Waals surface area contributed by atoms with E-state index in [0.29, 0.717) is 32.4 Å². The second-order valence-corrected chi connectivity index (χ2v) is 5.50. The number of esters is 1. The number of carbonyl (C=O) groups excluding carboxylic acids is 2. The first-order chi connectivity index (χ1) is 11.5. The van der Waals surface area contributed by atoms with Crippen LogP contribution >= 0.6 is 0 Å². The summed E-state index contributed by atoms with van der Waals surface area (Å²) in [7, 11) is 1.59. The quantitative estimate of drug-likeness (QED) is 0.552. The summed E-state index contributed by atoms with van der Waals surface area (Å²) in [4.78, 5) is 25.5. The Labute approximate surface area is 143 Å². The third-order valence-electron chi connectivity index (χ3n) is 3.71. The van der Waals surface area contributed by atoms with Crippen molar-refractivity contribution in [2.45, 2.75) is 45.8 Å². The Morgan fingerprint density at radius 1 is 1.21 bits per heavy atom. The van der Waals surface area contributed by atoms with Crippen molar-refractivity contribution < 1.29 is 24.2 Å². The summed E-state index contributed by atoms with van der Waals surface area (Å²) in [5.41, 5.74) is 0.893. The highest BCUT2D eigenvalue weighted by Crippen LogP contribution is 2.14. The van der Waals surface area contributed by atoms with Crippen LogP contribution in [0, 0.1) is 0 Å². The number of hydrogen-bond donors (Lipinski definition) is 1. The van der Waals surface area contributed by atoms with Crippen LogP contribution in [0.25, 0.3) is 0 Å². The molecule has 0 aliphatic carbocycles. The fourth-order valence-corrected chi connectivity index (χ4v) is 2.25. The van der Waals surface area contributed by atoms with Crippen molar-refractivity contribution in [3.05, 3.63) is 29.8 Å². The standard InChI is InChI=1S/C18H27NO5/c1-4-15(20)7-6-12-19(17(21)18(22)24-5-2)13-14-8-10-16(23-3)11-9-14/h8-11,15,20H,4-7,12-13H2,1-3H3. The van der Waals surface area contributed by atoms with Crippen LogP contribution in [0.1, 0.15) is 38.7 Å². The van der Waals surface area contributed by atoms with E-state index in [1.807, 2.05) is 31.2 Å². The molecule has 134 valence electrons. The number of methoxy groups -OCH3 is 1. The molecule has 1 unspecified atom stereocenters. The van der Waals surface area contributed by atoms with E-state index < -0.39 is 11.9 Å². The van der Waals surface area contributed by atoms with Gasteiger partial charge in [0.25, 0.3) is 0 Å². The lowest BCUT2D eigenvalue weighted by Gasteiger charge is -2.22. The van der Waals surface area contributed by atoms with Gasteiger partial charge in [0.1, 0.15) is 5.75 Å². The van der Waals surface area contributed by atoms with Crippen molar-refractivity contribution in [2.24, 2.45) is 0 Å². The van der Waals surface area contributed by atoms with Gasteiger partial charge in [-0.25, -0.2) is 4.79 Å². The molecular weight excluding hydrogens is 310 g/mol. The zero-order chi connectivity index (χ0) is 17.9. The Hall–Kier alpha value is -2.08. The van der Waals surface area contributed by atoms with Crippen molar-refractivity contribution in [3.8, 4) is 5.75 Å². The lowest BCUT2D eigenvalue weighted by molar-refractivity contribution is -0.160. The Morgan fingerprint density at radius 2 is 1.88 bits per heavy atom. The SMILES string of the molecule is CCOC(=O)C(=O)N(CCCC(O)CC)Cc1ccc(OC)cc1. The van der Waals surface area contributed by atoms with Crippen LogP contribution in [0.15, 0.2) is 24.3 Å². The van der Waals surface area contributed by atoms with E-state index >= 15 is 0 Å². The number of aliphatic hydroxyl groups is 1. The number of benzene rings is 1. The van der Waals surface area contributed by atoms with E-state index in [1.165, 1.54) is 4.90 Å². The van der Waals surface area contributed by atoms with Crippen LogP contribution in [0.2, 0.25) is 0 Å². The van der Waals surface area contributed by atoms with Gasteiger partial charge in [-0.15, -0.1) is 0 Å². The monoisotopic (exact) mass is 337 g/mol. The summed E-state index contributed by atoms with van der Waals surface area (Å²) < 4.78 is 9.92. The van der Waals surface area contributed by atoms with Crippen molar-refractivity contribution in [1.82, 2.24) is 4.90 Å². The van der Waals surface area contributed by atoms with Crippen LogP contribution < -0.4 is 4.74 Å². The average Bonchev–Trinajstić information content (AvgIpc) is 2.60. The maximum absolute atomic E-state index is 12.3. The first-order valence-electron chi connectivity index (χ1n) is 8.28. The first-order valence-corrected chi connectivity index (χ1v) is 8.28. The van der Waals surface area contributed by atoms with E-state index in [0.717, 1.165) is 11.3 Å². The fraction of sp³-hybridized carbons (Fsp3) is 0.556. The molecule has 1 atom stereocenters. The molecule has 1 N–H and O–H groups in total. The molecule has 24 heavy (non-hydrogen) atoms. The summed E-state index contributed by atoms with van der Waals surface area (Å²) in [5, 5.41) is 9.64. The summed E-state index contributed by atoms with van der Waals surface area (Å²) in [6.45, 7) is 4.43. The predicted octanol–water partition coefficient (Wildman–Crippen LogP) is 2.14. The van der Waals surface area contributed by atoms with Crippen LogP contribution in [0.4, 0.5) is 0 Å². The molecule has 1 aromatic rings. The zero-order valence-electron chi connectivity index (χ0n) is 14.7. The van der Waals surface area contributed by atoms with Gasteiger partial charge in [0, 0.05) is 13.1 Å². The maximum atomic E-state index is 12.3. The molecule has 0 spiro atoms. The second kappa shape index (κ2) is 10.6. The third-order valence-corrected chi connectivity index (χ3v) is 3.71. The van der Waals surface area contributed by atoms with Gasteiger partial charge >= 0.3 is 11.9 Å². The molecule has 6 nitrogen and oxygen atoms in total. The number of nitrogens with zero attached hydrogens (tertiary/aromatic N) is 1. The molecule has 0 fully saturated rings. The molecule has 1 rings (SSSR count). The predicted molar refractivity (Wildman–Crippen MR) is 90.6 cm³/mol. The highest BCUT2D eigenvalue weighted by molar-refractivity contribution is 6.32.